The van der Waals surface area contributed by atoms with Crippen LogP contribution >= 0.6 is 0 Å². The lowest BCUT2D eigenvalue weighted by Gasteiger charge is -2.41. The van der Waals surface area contributed by atoms with Gasteiger partial charge in [-0.1, -0.05) is 30.3 Å². The highest BCUT2D eigenvalue weighted by molar-refractivity contribution is 5.86. The third-order valence-corrected chi connectivity index (χ3v) is 6.24. The number of aromatic amines is 1. The van der Waals surface area contributed by atoms with E-state index >= 15 is 0 Å². The lowest BCUT2D eigenvalue weighted by atomic mass is 10.1. The first kappa shape index (κ1) is 20.1. The molecule has 4 rings (SSSR count). The van der Waals surface area contributed by atoms with Crippen LogP contribution in [0.5, 0.6) is 0 Å². The van der Waals surface area contributed by atoms with Crippen LogP contribution in [0.15, 0.2) is 42.5 Å². The number of piperazine rings is 1. The van der Waals surface area contributed by atoms with E-state index in [2.05, 4.69) is 46.8 Å². The van der Waals surface area contributed by atoms with Crippen LogP contribution in [0, 0.1) is 19.7 Å². The SMILES string of the molecule is Cc1c(CN2CCN(Cc3ccc(F)cc3)C(CCO)C2)[nH]c2c(C)cccc12. The summed E-state index contributed by atoms with van der Waals surface area (Å²) < 4.78 is 13.2. The van der Waals surface area contributed by atoms with Crippen LogP contribution in [-0.4, -0.2) is 52.2 Å². The van der Waals surface area contributed by atoms with Crippen LogP contribution in [-0.2, 0) is 13.1 Å². The molecule has 2 N–H and O–H groups in total. The highest BCUT2D eigenvalue weighted by Gasteiger charge is 2.27. The molecule has 1 aliphatic rings. The molecular weight excluding hydrogens is 365 g/mol. The molecule has 1 aromatic heterocycles. The number of hydrogen-bond donors (Lipinski definition) is 2. The minimum Gasteiger partial charge on any atom is -0.396 e. The van der Waals surface area contributed by atoms with Gasteiger partial charge >= 0.3 is 0 Å². The molecule has 5 heteroatoms. The third-order valence-electron chi connectivity index (χ3n) is 6.24. The number of aryl methyl sites for hydroxylation is 2. The van der Waals surface area contributed by atoms with Gasteiger partial charge in [0.1, 0.15) is 5.82 Å². The van der Waals surface area contributed by atoms with E-state index in [0.29, 0.717) is 6.04 Å². The Morgan fingerprint density at radius 3 is 2.59 bits per heavy atom. The van der Waals surface area contributed by atoms with E-state index in [-0.39, 0.29) is 12.4 Å². The van der Waals surface area contributed by atoms with E-state index < -0.39 is 0 Å². The van der Waals surface area contributed by atoms with Gasteiger partial charge in [-0.3, -0.25) is 9.80 Å². The summed E-state index contributed by atoms with van der Waals surface area (Å²) in [6.07, 6.45) is 0.752. The van der Waals surface area contributed by atoms with Crippen LogP contribution in [0.25, 0.3) is 10.9 Å². The minimum atomic E-state index is -0.200. The number of nitrogens with one attached hydrogen (secondary N) is 1. The number of benzene rings is 2. The Bertz CT molecular complexity index is 966. The molecule has 0 bridgehead atoms. The Balaban J connectivity index is 1.46. The fourth-order valence-corrected chi connectivity index (χ4v) is 4.49. The second kappa shape index (κ2) is 8.66. The summed E-state index contributed by atoms with van der Waals surface area (Å²) in [5, 5.41) is 10.9. The van der Waals surface area contributed by atoms with E-state index in [4.69, 9.17) is 0 Å². The molecule has 1 aliphatic heterocycles. The third kappa shape index (κ3) is 4.37. The van der Waals surface area contributed by atoms with Gasteiger partial charge in [-0.05, 0) is 49.1 Å². The second-order valence-electron chi connectivity index (χ2n) is 8.22. The van der Waals surface area contributed by atoms with E-state index in [1.165, 1.54) is 39.9 Å². The zero-order chi connectivity index (χ0) is 20.4. The Labute approximate surface area is 172 Å². The number of nitrogens with zero attached hydrogens (tertiary/aromatic N) is 2. The lowest BCUT2D eigenvalue weighted by molar-refractivity contribution is 0.0494. The maximum Gasteiger partial charge on any atom is 0.123 e. The summed E-state index contributed by atoms with van der Waals surface area (Å²) in [4.78, 5) is 8.54. The maximum atomic E-state index is 13.2. The first-order valence-corrected chi connectivity index (χ1v) is 10.4. The van der Waals surface area contributed by atoms with E-state index in [0.717, 1.165) is 44.7 Å². The standard InChI is InChI=1S/C24H30FN3O/c1-17-4-3-5-22-18(2)23(26-24(17)22)16-27-11-12-28(21(15-27)10-13-29)14-19-6-8-20(25)9-7-19/h3-9,21,26,29H,10-16H2,1-2H3. The molecule has 1 fully saturated rings. The van der Waals surface area contributed by atoms with Crippen molar-refractivity contribution in [2.24, 2.45) is 0 Å². The van der Waals surface area contributed by atoms with E-state index in [1.54, 1.807) is 0 Å². The largest absolute Gasteiger partial charge is 0.396 e. The predicted molar refractivity (Wildman–Crippen MR) is 115 cm³/mol. The molecule has 0 saturated carbocycles. The molecule has 2 aromatic carbocycles. The Morgan fingerprint density at radius 2 is 1.86 bits per heavy atom. The van der Waals surface area contributed by atoms with E-state index in [9.17, 15) is 9.50 Å². The van der Waals surface area contributed by atoms with Crippen molar-refractivity contribution in [1.82, 2.24) is 14.8 Å². The number of aliphatic hydroxyl groups is 1. The molecule has 0 aliphatic carbocycles. The van der Waals surface area contributed by atoms with Gasteiger partial charge in [-0.2, -0.15) is 0 Å². The first-order valence-electron chi connectivity index (χ1n) is 10.4. The van der Waals surface area contributed by atoms with Crippen LogP contribution in [0.4, 0.5) is 4.39 Å². The van der Waals surface area contributed by atoms with Crippen LogP contribution in [0.1, 0.15) is 28.8 Å². The Morgan fingerprint density at radius 1 is 1.07 bits per heavy atom. The molecule has 3 aromatic rings. The monoisotopic (exact) mass is 395 g/mol. The lowest BCUT2D eigenvalue weighted by Crippen LogP contribution is -2.52. The van der Waals surface area contributed by atoms with Crippen molar-refractivity contribution in [2.45, 2.75) is 39.4 Å². The highest BCUT2D eigenvalue weighted by Crippen LogP contribution is 2.26. The molecule has 1 atom stereocenters. The smallest absolute Gasteiger partial charge is 0.123 e. The summed E-state index contributed by atoms with van der Waals surface area (Å²) in [5.41, 5.74) is 6.24. The number of H-pyrrole nitrogens is 1. The van der Waals surface area contributed by atoms with Crippen molar-refractivity contribution in [1.29, 1.82) is 0 Å². The predicted octanol–water partition coefficient (Wildman–Crippen LogP) is 3.99. The molecule has 2 heterocycles. The fourth-order valence-electron chi connectivity index (χ4n) is 4.49. The molecule has 154 valence electrons. The van der Waals surface area contributed by atoms with Gasteiger partial charge < -0.3 is 10.1 Å². The van der Waals surface area contributed by atoms with Crippen molar-refractivity contribution in [3.63, 3.8) is 0 Å². The highest BCUT2D eigenvalue weighted by atomic mass is 19.1. The van der Waals surface area contributed by atoms with Crippen molar-refractivity contribution >= 4 is 10.9 Å². The van der Waals surface area contributed by atoms with Crippen LogP contribution in [0.2, 0.25) is 0 Å². The second-order valence-corrected chi connectivity index (χ2v) is 8.22. The van der Waals surface area contributed by atoms with Gasteiger partial charge in [0.05, 0.1) is 0 Å². The van der Waals surface area contributed by atoms with Crippen molar-refractivity contribution < 1.29 is 9.50 Å². The number of rotatable bonds is 6. The van der Waals surface area contributed by atoms with Crippen LogP contribution < -0.4 is 0 Å². The summed E-state index contributed by atoms with van der Waals surface area (Å²) in [5.74, 6) is -0.200. The van der Waals surface area contributed by atoms with Crippen molar-refractivity contribution in [3.05, 3.63) is 70.7 Å². The number of fused-ring (bicyclic) bond motifs is 1. The quantitative estimate of drug-likeness (QED) is 0.663. The molecule has 1 saturated heterocycles. The summed E-state index contributed by atoms with van der Waals surface area (Å²) in [6, 6.07) is 13.5. The number of halogens is 1. The van der Waals surface area contributed by atoms with Gasteiger partial charge in [0.25, 0.3) is 0 Å². The zero-order valence-electron chi connectivity index (χ0n) is 17.3. The maximum absolute atomic E-state index is 13.2. The molecule has 0 spiro atoms. The zero-order valence-corrected chi connectivity index (χ0v) is 17.3. The number of hydrogen-bond acceptors (Lipinski definition) is 3. The van der Waals surface area contributed by atoms with Crippen molar-refractivity contribution in [3.8, 4) is 0 Å². The number of para-hydroxylation sites is 1. The van der Waals surface area contributed by atoms with Crippen LogP contribution in [0.3, 0.4) is 0 Å². The summed E-state index contributed by atoms with van der Waals surface area (Å²) >= 11 is 0. The van der Waals surface area contributed by atoms with E-state index in [1.807, 2.05) is 12.1 Å². The van der Waals surface area contributed by atoms with Gasteiger partial charge in [0.2, 0.25) is 0 Å². The fraction of sp³-hybridized carbons (Fsp3) is 0.417. The Kier molecular flexibility index (Phi) is 5.99. The number of aliphatic hydroxyl groups excluding tert-OH is 1. The Hall–Kier alpha value is -2.21. The summed E-state index contributed by atoms with van der Waals surface area (Å²) in [6.45, 7) is 9.07. The number of aromatic nitrogens is 1. The van der Waals surface area contributed by atoms with Gasteiger partial charge in [-0.25, -0.2) is 4.39 Å². The molecule has 0 radical (unpaired) electrons. The normalized spacial score (nSPS) is 18.6. The molecular formula is C24H30FN3O. The molecule has 29 heavy (non-hydrogen) atoms. The summed E-state index contributed by atoms with van der Waals surface area (Å²) in [7, 11) is 0. The first-order chi connectivity index (χ1) is 14.0. The molecule has 0 amide bonds. The minimum absolute atomic E-state index is 0.184. The van der Waals surface area contributed by atoms with Gasteiger partial charge in [0, 0.05) is 62.0 Å². The molecule has 1 unspecified atom stereocenters. The van der Waals surface area contributed by atoms with Gasteiger partial charge in [0.15, 0.2) is 0 Å². The van der Waals surface area contributed by atoms with Crippen molar-refractivity contribution in [2.75, 3.05) is 26.2 Å². The average molecular weight is 396 g/mol. The topological polar surface area (TPSA) is 42.5 Å². The average Bonchev–Trinajstić information content (AvgIpc) is 3.03. The van der Waals surface area contributed by atoms with Gasteiger partial charge in [-0.15, -0.1) is 0 Å². The molecule has 4 nitrogen and oxygen atoms in total.